The first-order chi connectivity index (χ1) is 9.41. The molecule has 0 atom stereocenters. The Bertz CT molecular complexity index is 599. The number of rotatable bonds is 5. The van der Waals surface area contributed by atoms with E-state index in [1.807, 2.05) is 12.1 Å². The van der Waals surface area contributed by atoms with E-state index in [1.165, 1.54) is 0 Å². The maximum atomic E-state index is 14.2. The number of hydrogen-bond acceptors (Lipinski definition) is 2. The third-order valence-corrected chi connectivity index (χ3v) is 3.52. The minimum absolute atomic E-state index is 0.237. The van der Waals surface area contributed by atoms with Crippen LogP contribution in [0.25, 0.3) is 11.0 Å². The Balaban J connectivity index is 2.42. The Morgan fingerprint density at radius 1 is 1.20 bits per heavy atom. The average Bonchev–Trinajstić information content (AvgIpc) is 2.73. The third-order valence-electron chi connectivity index (χ3n) is 3.52. The van der Waals surface area contributed by atoms with Crippen LogP contribution in [0, 0.1) is 18.7 Å². The molecular formula is C17H24FNO. The summed E-state index contributed by atoms with van der Waals surface area (Å²) in [6.07, 6.45) is 0. The van der Waals surface area contributed by atoms with Gasteiger partial charge < -0.3 is 9.73 Å². The van der Waals surface area contributed by atoms with Gasteiger partial charge in [-0.25, -0.2) is 4.39 Å². The molecule has 0 amide bonds. The fourth-order valence-corrected chi connectivity index (χ4v) is 2.53. The summed E-state index contributed by atoms with van der Waals surface area (Å²) < 4.78 is 20.0. The van der Waals surface area contributed by atoms with Gasteiger partial charge in [-0.15, -0.1) is 0 Å². The molecule has 1 aromatic carbocycles. The Morgan fingerprint density at radius 3 is 2.50 bits per heavy atom. The lowest BCUT2D eigenvalue weighted by molar-refractivity contribution is 0.468. The second kappa shape index (κ2) is 5.96. The van der Waals surface area contributed by atoms with E-state index in [2.05, 4.69) is 33.0 Å². The summed E-state index contributed by atoms with van der Waals surface area (Å²) in [6, 6.07) is 3.79. The number of hydrogen-bond donors (Lipinski definition) is 1. The largest absolute Gasteiger partial charge is 0.456 e. The number of fused-ring (bicyclic) bond motifs is 1. The lowest BCUT2D eigenvalue weighted by Crippen LogP contribution is -2.19. The first kappa shape index (κ1) is 15.0. The molecule has 1 heterocycles. The number of furan rings is 1. The second-order valence-corrected chi connectivity index (χ2v) is 6.19. The lowest BCUT2D eigenvalue weighted by Gasteiger charge is -2.09. The molecule has 2 rings (SSSR count). The van der Waals surface area contributed by atoms with Crippen molar-refractivity contribution >= 4 is 11.0 Å². The average molecular weight is 277 g/mol. The molecule has 110 valence electrons. The van der Waals surface area contributed by atoms with Crippen molar-refractivity contribution in [1.82, 2.24) is 5.32 Å². The Morgan fingerprint density at radius 2 is 1.90 bits per heavy atom. The van der Waals surface area contributed by atoms with Crippen molar-refractivity contribution in [2.75, 3.05) is 6.54 Å². The molecule has 1 aromatic heterocycles. The predicted molar refractivity (Wildman–Crippen MR) is 81.5 cm³/mol. The SMILES string of the molecule is Cc1ccc2c(C(C)C)c(CNCC(C)C)oc2c1F. The van der Waals surface area contributed by atoms with Gasteiger partial charge in [0.25, 0.3) is 0 Å². The van der Waals surface area contributed by atoms with Crippen LogP contribution in [0.3, 0.4) is 0 Å². The van der Waals surface area contributed by atoms with Crippen molar-refractivity contribution in [3.63, 3.8) is 0 Å². The van der Waals surface area contributed by atoms with Crippen LogP contribution in [0.2, 0.25) is 0 Å². The Hall–Kier alpha value is -1.35. The van der Waals surface area contributed by atoms with Gasteiger partial charge in [0.05, 0.1) is 6.54 Å². The summed E-state index contributed by atoms with van der Waals surface area (Å²) in [4.78, 5) is 0. The molecule has 0 aliphatic heterocycles. The number of benzene rings is 1. The summed E-state index contributed by atoms with van der Waals surface area (Å²) in [7, 11) is 0. The second-order valence-electron chi connectivity index (χ2n) is 6.19. The van der Waals surface area contributed by atoms with Gasteiger partial charge in [-0.05, 0) is 30.9 Å². The molecule has 20 heavy (non-hydrogen) atoms. The normalized spacial score (nSPS) is 12.0. The zero-order valence-electron chi connectivity index (χ0n) is 13.0. The molecule has 0 radical (unpaired) electrons. The molecule has 0 aliphatic rings. The van der Waals surface area contributed by atoms with Crippen LogP contribution in [0.4, 0.5) is 4.39 Å². The van der Waals surface area contributed by atoms with Gasteiger partial charge in [-0.1, -0.05) is 39.8 Å². The Labute approximate surface area is 120 Å². The van der Waals surface area contributed by atoms with E-state index < -0.39 is 0 Å². The Kier molecular flexibility index (Phi) is 4.48. The molecule has 0 unspecified atom stereocenters. The standard InChI is InChI=1S/C17H24FNO/c1-10(2)8-19-9-14-15(11(3)4)13-7-6-12(5)16(18)17(13)20-14/h6-7,10-11,19H,8-9H2,1-5H3. The highest BCUT2D eigenvalue weighted by Crippen LogP contribution is 2.34. The van der Waals surface area contributed by atoms with Gasteiger partial charge in [0, 0.05) is 10.9 Å². The van der Waals surface area contributed by atoms with Crippen LogP contribution in [-0.4, -0.2) is 6.54 Å². The van der Waals surface area contributed by atoms with Gasteiger partial charge >= 0.3 is 0 Å². The van der Waals surface area contributed by atoms with Crippen molar-refractivity contribution in [1.29, 1.82) is 0 Å². The quantitative estimate of drug-likeness (QED) is 0.853. The number of nitrogens with one attached hydrogen (secondary N) is 1. The minimum atomic E-state index is -0.237. The number of halogens is 1. The van der Waals surface area contributed by atoms with E-state index >= 15 is 0 Å². The van der Waals surface area contributed by atoms with Crippen LogP contribution in [0.15, 0.2) is 16.5 Å². The fourth-order valence-electron chi connectivity index (χ4n) is 2.53. The maximum absolute atomic E-state index is 14.2. The van der Waals surface area contributed by atoms with E-state index in [0.29, 0.717) is 29.5 Å². The maximum Gasteiger partial charge on any atom is 0.170 e. The summed E-state index contributed by atoms with van der Waals surface area (Å²) >= 11 is 0. The summed E-state index contributed by atoms with van der Waals surface area (Å²) in [5, 5.41) is 4.28. The third kappa shape index (κ3) is 2.88. The van der Waals surface area contributed by atoms with E-state index in [9.17, 15) is 4.39 Å². The van der Waals surface area contributed by atoms with Crippen LogP contribution in [-0.2, 0) is 6.54 Å². The molecule has 0 saturated carbocycles. The van der Waals surface area contributed by atoms with Crippen LogP contribution >= 0.6 is 0 Å². The van der Waals surface area contributed by atoms with Crippen molar-refractivity contribution in [2.24, 2.45) is 5.92 Å². The molecule has 0 saturated heterocycles. The molecule has 0 bridgehead atoms. The summed E-state index contributed by atoms with van der Waals surface area (Å²) in [5.74, 6) is 1.52. The zero-order chi connectivity index (χ0) is 14.9. The molecule has 0 spiro atoms. The molecule has 0 aliphatic carbocycles. The minimum Gasteiger partial charge on any atom is -0.456 e. The molecule has 2 nitrogen and oxygen atoms in total. The van der Waals surface area contributed by atoms with Crippen molar-refractivity contribution < 1.29 is 8.81 Å². The molecule has 2 aromatic rings. The van der Waals surface area contributed by atoms with Gasteiger partial charge in [-0.3, -0.25) is 0 Å². The van der Waals surface area contributed by atoms with E-state index in [0.717, 1.165) is 23.3 Å². The number of aryl methyl sites for hydroxylation is 1. The van der Waals surface area contributed by atoms with E-state index in [-0.39, 0.29) is 5.82 Å². The highest BCUT2D eigenvalue weighted by atomic mass is 19.1. The first-order valence-electron chi connectivity index (χ1n) is 7.32. The monoisotopic (exact) mass is 277 g/mol. The van der Waals surface area contributed by atoms with Gasteiger partial charge in [0.1, 0.15) is 5.76 Å². The van der Waals surface area contributed by atoms with Crippen molar-refractivity contribution in [2.45, 2.75) is 47.1 Å². The topological polar surface area (TPSA) is 25.2 Å². The first-order valence-corrected chi connectivity index (χ1v) is 7.32. The summed E-state index contributed by atoms with van der Waals surface area (Å²) in [6.45, 7) is 11.9. The van der Waals surface area contributed by atoms with E-state index in [1.54, 1.807) is 6.92 Å². The highest BCUT2D eigenvalue weighted by Gasteiger charge is 2.19. The van der Waals surface area contributed by atoms with Crippen LogP contribution in [0.5, 0.6) is 0 Å². The summed E-state index contributed by atoms with van der Waals surface area (Å²) in [5.41, 5.74) is 2.15. The van der Waals surface area contributed by atoms with Crippen LogP contribution < -0.4 is 5.32 Å². The van der Waals surface area contributed by atoms with Gasteiger partial charge in [0.2, 0.25) is 0 Å². The molecule has 1 N–H and O–H groups in total. The fraction of sp³-hybridized carbons (Fsp3) is 0.529. The van der Waals surface area contributed by atoms with Crippen molar-refractivity contribution in [3.8, 4) is 0 Å². The lowest BCUT2D eigenvalue weighted by atomic mass is 9.98. The zero-order valence-corrected chi connectivity index (χ0v) is 13.0. The molecule has 3 heteroatoms. The van der Waals surface area contributed by atoms with Gasteiger partial charge in [-0.2, -0.15) is 0 Å². The smallest absolute Gasteiger partial charge is 0.170 e. The van der Waals surface area contributed by atoms with E-state index in [4.69, 9.17) is 4.42 Å². The molecular weight excluding hydrogens is 253 g/mol. The predicted octanol–water partition coefficient (Wildman–Crippen LogP) is 4.75. The van der Waals surface area contributed by atoms with Crippen molar-refractivity contribution in [3.05, 3.63) is 34.8 Å². The highest BCUT2D eigenvalue weighted by molar-refractivity contribution is 5.84. The van der Waals surface area contributed by atoms with Gasteiger partial charge in [0.15, 0.2) is 11.4 Å². The molecule has 0 fully saturated rings. The van der Waals surface area contributed by atoms with Crippen LogP contribution in [0.1, 0.15) is 50.5 Å².